The highest BCUT2D eigenvalue weighted by Crippen LogP contribution is 2.33. The summed E-state index contributed by atoms with van der Waals surface area (Å²) in [7, 11) is 7.42. The Morgan fingerprint density at radius 3 is 2.14 bits per heavy atom. The highest BCUT2D eigenvalue weighted by Gasteiger charge is 2.43. The number of aryl methyl sites for hydroxylation is 1. The van der Waals surface area contributed by atoms with Gasteiger partial charge in [0.1, 0.15) is 42.6 Å². The highest BCUT2D eigenvalue weighted by atomic mass is 16.5. The number of likely N-dealkylation sites (N-methyl/N-ethyl adjacent to an activating group) is 3. The van der Waals surface area contributed by atoms with Crippen LogP contribution < -0.4 is 24.8 Å². The van der Waals surface area contributed by atoms with Crippen LogP contribution in [-0.2, 0) is 63.8 Å². The molecule has 3 aromatic rings. The third-order valence-corrected chi connectivity index (χ3v) is 14.3. The van der Waals surface area contributed by atoms with E-state index >= 15 is 0 Å². The first-order valence-corrected chi connectivity index (χ1v) is 28.1. The number of hydrogen-bond acceptors (Lipinski definition) is 15. The van der Waals surface area contributed by atoms with Gasteiger partial charge in [-0.3, -0.25) is 33.6 Å². The molecule has 0 aliphatic carbocycles. The molecule has 21 nitrogen and oxygen atoms in total. The molecule has 1 saturated heterocycles. The minimum absolute atomic E-state index is 0.0629. The number of rotatable bonds is 10. The lowest BCUT2D eigenvalue weighted by Gasteiger charge is -2.36. The standard InChI is InChI=1S/C62H84N6O15/c1-40(2)33-45-57(74)65(8)31-18-17-26-53(71)81-39-62(6,7)55(72)59(76)68-32-19-16-25-46(68)60(77)83-48(29-27-41-28-30-49(78-11)50(34-41)79-12)43-23-20-24-44(35-43)80-38-52(70)66(9)36-51(69)64-54(42-21-14-13-15-22-42)58(75)67(10)47(56(73)63-45)37-82-61(3,4)5/h13-15,17,20-24,26,28,30,34-35,40,45-48,54H,16,18-19,25,27,29,31-33,36-39H2,1-12H3,(H,63,73)(H,64,69)/t45-,46+,47+,48-,54?/m1/s1. The number of fused-ring (bicyclic) bond motifs is 3. The van der Waals surface area contributed by atoms with Crippen LogP contribution in [0.1, 0.15) is 116 Å². The molecule has 3 aromatic carbocycles. The van der Waals surface area contributed by atoms with Crippen molar-refractivity contribution in [2.24, 2.45) is 11.3 Å². The van der Waals surface area contributed by atoms with Crippen LogP contribution in [0.4, 0.5) is 0 Å². The van der Waals surface area contributed by atoms with Gasteiger partial charge in [0.25, 0.3) is 11.8 Å². The van der Waals surface area contributed by atoms with Crippen LogP contribution in [0.25, 0.3) is 0 Å². The summed E-state index contributed by atoms with van der Waals surface area (Å²) in [5, 5.41) is 5.64. The molecule has 2 aliphatic rings. The number of esters is 2. The number of nitrogens with one attached hydrogen (secondary N) is 2. The van der Waals surface area contributed by atoms with Crippen molar-refractivity contribution in [3.63, 3.8) is 0 Å². The maximum absolute atomic E-state index is 14.7. The molecule has 1 unspecified atom stereocenters. The topological polar surface area (TPSA) is 246 Å². The molecule has 21 heteroatoms. The zero-order chi connectivity index (χ0) is 61.2. The number of Topliss-reactive ketones (excluding diaryl/α,β-unsaturated/α-hetero) is 1. The fourth-order valence-corrected chi connectivity index (χ4v) is 9.39. The van der Waals surface area contributed by atoms with Crippen molar-refractivity contribution in [2.45, 2.75) is 129 Å². The van der Waals surface area contributed by atoms with E-state index in [4.69, 9.17) is 28.4 Å². The van der Waals surface area contributed by atoms with E-state index < -0.39 is 114 Å². The number of methoxy groups -OCH3 is 2. The molecule has 5 rings (SSSR count). The first-order valence-electron chi connectivity index (χ1n) is 28.1. The van der Waals surface area contributed by atoms with E-state index in [1.165, 1.54) is 62.9 Å². The molecular weight excluding hydrogens is 1070 g/mol. The number of piperidine rings is 1. The van der Waals surface area contributed by atoms with Gasteiger partial charge in [0.2, 0.25) is 29.4 Å². The third kappa shape index (κ3) is 19.4. The molecular formula is C62H84N6O15. The second-order valence-electron chi connectivity index (χ2n) is 23.0. The first-order chi connectivity index (χ1) is 39.2. The lowest BCUT2D eigenvalue weighted by Crippen LogP contribution is -2.58. The Labute approximate surface area is 487 Å². The molecule has 2 heterocycles. The smallest absolute Gasteiger partial charge is 0.330 e. The predicted octanol–water partition coefficient (Wildman–Crippen LogP) is 5.73. The number of ketones is 1. The van der Waals surface area contributed by atoms with Crippen LogP contribution in [0.3, 0.4) is 0 Å². The number of cyclic esters (lactones) is 2. The van der Waals surface area contributed by atoms with E-state index in [0.717, 1.165) is 16.5 Å². The fourth-order valence-electron chi connectivity index (χ4n) is 9.39. The summed E-state index contributed by atoms with van der Waals surface area (Å²) in [6.45, 7) is 10.6. The number of carbonyl (C=O) groups excluding carboxylic acids is 9. The minimum atomic E-state index is -1.50. The van der Waals surface area contributed by atoms with Crippen LogP contribution in [-0.4, -0.2) is 171 Å². The predicted molar refractivity (Wildman–Crippen MR) is 308 cm³/mol. The number of carbonyl (C=O) groups is 9. The Morgan fingerprint density at radius 2 is 1.47 bits per heavy atom. The Bertz CT molecular complexity index is 2790. The fraction of sp³-hybridized carbons (Fsp3) is 0.532. The summed E-state index contributed by atoms with van der Waals surface area (Å²) in [6, 6.07) is 15.7. The quantitative estimate of drug-likeness (QED) is 0.182. The number of amides is 6. The van der Waals surface area contributed by atoms with Crippen LogP contribution >= 0.6 is 0 Å². The molecule has 2 aliphatic heterocycles. The van der Waals surface area contributed by atoms with Crippen molar-refractivity contribution < 1.29 is 71.6 Å². The second-order valence-corrected chi connectivity index (χ2v) is 23.0. The molecule has 5 atom stereocenters. The summed E-state index contributed by atoms with van der Waals surface area (Å²) in [5.74, 6) is -5.23. The molecule has 6 amide bonds. The van der Waals surface area contributed by atoms with Gasteiger partial charge in [0.05, 0.1) is 38.4 Å². The third-order valence-electron chi connectivity index (χ3n) is 14.3. The van der Waals surface area contributed by atoms with Crippen molar-refractivity contribution in [3.8, 4) is 17.2 Å². The molecule has 2 N–H and O–H groups in total. The van der Waals surface area contributed by atoms with E-state index in [9.17, 15) is 43.2 Å². The molecule has 0 spiro atoms. The maximum atomic E-state index is 14.7. The molecule has 452 valence electrons. The summed E-state index contributed by atoms with van der Waals surface area (Å²) >= 11 is 0. The first kappa shape index (κ1) is 66.0. The highest BCUT2D eigenvalue weighted by molar-refractivity contribution is 6.38. The molecule has 1 fully saturated rings. The van der Waals surface area contributed by atoms with Gasteiger partial charge in [0.15, 0.2) is 18.1 Å². The van der Waals surface area contributed by atoms with E-state index in [0.29, 0.717) is 41.9 Å². The zero-order valence-corrected chi connectivity index (χ0v) is 50.2. The van der Waals surface area contributed by atoms with Gasteiger partial charge < -0.3 is 58.7 Å². The number of ether oxygens (including phenoxy) is 6. The van der Waals surface area contributed by atoms with Gasteiger partial charge in [-0.15, -0.1) is 0 Å². The van der Waals surface area contributed by atoms with Gasteiger partial charge in [-0.2, -0.15) is 0 Å². The Kier molecular flexibility index (Phi) is 24.2. The van der Waals surface area contributed by atoms with Gasteiger partial charge in [-0.1, -0.05) is 68.5 Å². The Morgan fingerprint density at radius 1 is 0.771 bits per heavy atom. The lowest BCUT2D eigenvalue weighted by atomic mass is 9.87. The maximum Gasteiger partial charge on any atom is 0.330 e. The van der Waals surface area contributed by atoms with E-state index in [-0.39, 0.29) is 57.0 Å². The number of benzene rings is 3. The van der Waals surface area contributed by atoms with Crippen LogP contribution in [0.15, 0.2) is 84.9 Å². The summed E-state index contributed by atoms with van der Waals surface area (Å²) in [6.07, 6.45) is 4.10. The van der Waals surface area contributed by atoms with Gasteiger partial charge >= 0.3 is 11.9 Å². The summed E-state index contributed by atoms with van der Waals surface area (Å²) in [4.78, 5) is 132. The SMILES string of the molecule is COc1ccc(CC[C@H]2OC(=O)[C@@H]3CCCCN3C(=O)C(=O)C(C)(C)COC(=O)C=CCCN(C)C(=O)[C@@H](CC(C)C)NC(=O)[C@H](COC(C)(C)C)N(C)C(=O)C(c3ccccc3)NC(=O)CN(C)C(=O)COc3cccc2c3)cc1OC. The largest absolute Gasteiger partial charge is 0.493 e. The van der Waals surface area contributed by atoms with Crippen LogP contribution in [0, 0.1) is 11.3 Å². The molecule has 83 heavy (non-hydrogen) atoms. The Hall–Kier alpha value is -7.81. The Balaban J connectivity index is 1.49. The average Bonchev–Trinajstić information content (AvgIpc) is 3.65. The minimum Gasteiger partial charge on any atom is -0.493 e. The van der Waals surface area contributed by atoms with Crippen molar-refractivity contribution in [1.82, 2.24) is 30.2 Å². The van der Waals surface area contributed by atoms with Gasteiger partial charge in [-0.05, 0) is 126 Å². The van der Waals surface area contributed by atoms with Crippen LogP contribution in [0.5, 0.6) is 17.2 Å². The van der Waals surface area contributed by atoms with Crippen molar-refractivity contribution >= 4 is 53.2 Å². The normalized spacial score (nSPS) is 22.2. The zero-order valence-electron chi connectivity index (χ0n) is 50.2. The molecule has 0 aromatic heterocycles. The summed E-state index contributed by atoms with van der Waals surface area (Å²) in [5.41, 5.74) is -0.533. The summed E-state index contributed by atoms with van der Waals surface area (Å²) < 4.78 is 34.8. The number of hydrogen-bond donors (Lipinski definition) is 2. The van der Waals surface area contributed by atoms with Crippen molar-refractivity contribution in [3.05, 3.63) is 102 Å². The lowest BCUT2D eigenvalue weighted by molar-refractivity contribution is -0.165. The molecule has 0 radical (unpaired) electrons. The van der Waals surface area contributed by atoms with E-state index in [1.54, 1.807) is 88.5 Å². The van der Waals surface area contributed by atoms with Gasteiger partial charge in [-0.25, -0.2) is 9.59 Å². The number of nitrogens with zero attached hydrogens (tertiary/aromatic N) is 4. The van der Waals surface area contributed by atoms with Crippen LogP contribution in [0.2, 0.25) is 0 Å². The molecule has 2 bridgehead atoms. The monoisotopic (exact) mass is 1150 g/mol. The second kappa shape index (κ2) is 30.5. The molecule has 0 saturated carbocycles. The average molecular weight is 1150 g/mol. The van der Waals surface area contributed by atoms with Gasteiger partial charge in [0, 0.05) is 40.3 Å². The van der Waals surface area contributed by atoms with Crippen molar-refractivity contribution in [1.29, 1.82) is 0 Å². The van der Waals surface area contributed by atoms with E-state index in [1.807, 2.05) is 26.0 Å². The van der Waals surface area contributed by atoms with E-state index in [2.05, 4.69) is 10.6 Å². The van der Waals surface area contributed by atoms with Crippen molar-refractivity contribution in [2.75, 3.05) is 74.8 Å².